The number of β-amino-alcohol motifs (C(OH)–C–C–N with tert-alkyl or cyclic N) is 1. The van der Waals surface area contributed by atoms with Gasteiger partial charge in [-0.15, -0.1) is 0 Å². The lowest BCUT2D eigenvalue weighted by molar-refractivity contribution is 0.131. The van der Waals surface area contributed by atoms with E-state index < -0.39 is 0 Å². The largest absolute Gasteiger partial charge is 0.391 e. The monoisotopic (exact) mass is 324 g/mol. The topological polar surface area (TPSA) is 44.7 Å². The summed E-state index contributed by atoms with van der Waals surface area (Å²) in [5.41, 5.74) is 1.35. The lowest BCUT2D eigenvalue weighted by Crippen LogP contribution is -2.22. The van der Waals surface area contributed by atoms with Gasteiger partial charge in [-0.3, -0.25) is 5.32 Å². The Kier molecular flexibility index (Phi) is 8.26. The van der Waals surface area contributed by atoms with Crippen LogP contribution in [0, 0.1) is 5.92 Å². The standard InChI is InChI=1S/C17H28N2O2S/c1-19-11-16(17(20)12-19)13-22-10-9-21-14-18-8-7-15-5-3-2-4-6-15/h2-6,16-18,20H,7-14H2,1H3. The van der Waals surface area contributed by atoms with Crippen molar-refractivity contribution >= 4 is 11.8 Å². The maximum Gasteiger partial charge on any atom is 0.0965 e. The zero-order valence-corrected chi connectivity index (χ0v) is 14.2. The number of hydrogen-bond acceptors (Lipinski definition) is 5. The molecule has 1 aliphatic heterocycles. The summed E-state index contributed by atoms with van der Waals surface area (Å²) < 4.78 is 5.58. The molecule has 0 saturated carbocycles. The minimum Gasteiger partial charge on any atom is -0.391 e. The van der Waals surface area contributed by atoms with Gasteiger partial charge in [0.15, 0.2) is 0 Å². The highest BCUT2D eigenvalue weighted by atomic mass is 32.2. The molecule has 2 atom stereocenters. The normalized spacial score (nSPS) is 22.3. The molecule has 2 unspecified atom stereocenters. The SMILES string of the molecule is CN1CC(O)C(CSCCOCNCCc2ccccc2)C1. The van der Waals surface area contributed by atoms with Crippen LogP contribution in [0.4, 0.5) is 0 Å². The summed E-state index contributed by atoms with van der Waals surface area (Å²) in [5, 5.41) is 13.2. The van der Waals surface area contributed by atoms with Gasteiger partial charge in [0.1, 0.15) is 0 Å². The van der Waals surface area contributed by atoms with E-state index in [9.17, 15) is 5.11 Å². The summed E-state index contributed by atoms with van der Waals surface area (Å²) in [4.78, 5) is 2.20. The Morgan fingerprint density at radius 1 is 1.32 bits per heavy atom. The third-order valence-electron chi connectivity index (χ3n) is 3.93. The zero-order valence-electron chi connectivity index (χ0n) is 13.4. The third-order valence-corrected chi connectivity index (χ3v) is 5.05. The van der Waals surface area contributed by atoms with Crippen molar-refractivity contribution in [3.05, 3.63) is 35.9 Å². The second-order valence-corrected chi connectivity index (χ2v) is 7.06. The Labute approximate surface area is 138 Å². The molecule has 1 aliphatic rings. The van der Waals surface area contributed by atoms with Gasteiger partial charge in [0, 0.05) is 31.3 Å². The molecule has 1 aromatic carbocycles. The second-order valence-electron chi connectivity index (χ2n) is 5.91. The molecule has 5 heteroatoms. The molecule has 1 fully saturated rings. The highest BCUT2D eigenvalue weighted by Crippen LogP contribution is 2.19. The summed E-state index contributed by atoms with van der Waals surface area (Å²) in [5.74, 6) is 2.43. The van der Waals surface area contributed by atoms with Crippen molar-refractivity contribution in [1.82, 2.24) is 10.2 Å². The summed E-state index contributed by atoms with van der Waals surface area (Å²) in [6.07, 6.45) is 0.879. The molecule has 1 heterocycles. The van der Waals surface area contributed by atoms with E-state index in [1.807, 2.05) is 17.8 Å². The molecule has 2 N–H and O–H groups in total. The minimum atomic E-state index is -0.155. The fourth-order valence-corrected chi connectivity index (χ4v) is 3.71. The Bertz CT molecular complexity index is 405. The molecule has 0 bridgehead atoms. The summed E-state index contributed by atoms with van der Waals surface area (Å²) in [6.45, 7) is 4.14. The molecule has 124 valence electrons. The molecule has 1 aromatic rings. The van der Waals surface area contributed by atoms with E-state index in [4.69, 9.17) is 4.74 Å². The second kappa shape index (κ2) is 10.2. The van der Waals surface area contributed by atoms with Crippen molar-refractivity contribution in [3.63, 3.8) is 0 Å². The van der Waals surface area contributed by atoms with Crippen LogP contribution < -0.4 is 5.32 Å². The number of aliphatic hydroxyl groups excluding tert-OH is 1. The van der Waals surface area contributed by atoms with Crippen LogP contribution >= 0.6 is 11.8 Å². The Balaban J connectivity index is 1.39. The number of hydrogen-bond donors (Lipinski definition) is 2. The smallest absolute Gasteiger partial charge is 0.0965 e. The maximum atomic E-state index is 9.86. The molecule has 0 spiro atoms. The average Bonchev–Trinajstić information content (AvgIpc) is 2.84. The first kappa shape index (κ1) is 17.8. The van der Waals surface area contributed by atoms with Crippen LogP contribution in [-0.4, -0.2) is 67.6 Å². The molecular weight excluding hydrogens is 296 g/mol. The van der Waals surface area contributed by atoms with Crippen molar-refractivity contribution in [1.29, 1.82) is 0 Å². The lowest BCUT2D eigenvalue weighted by Gasteiger charge is -2.12. The number of likely N-dealkylation sites (N-methyl/N-ethyl adjacent to an activating group) is 1. The number of likely N-dealkylation sites (tertiary alicyclic amines) is 1. The lowest BCUT2D eigenvalue weighted by atomic mass is 10.1. The van der Waals surface area contributed by atoms with E-state index in [0.717, 1.165) is 44.2 Å². The minimum absolute atomic E-state index is 0.155. The van der Waals surface area contributed by atoms with Crippen LogP contribution in [0.2, 0.25) is 0 Å². The van der Waals surface area contributed by atoms with Crippen molar-refractivity contribution in [2.75, 3.05) is 51.5 Å². The summed E-state index contributed by atoms with van der Waals surface area (Å²) >= 11 is 1.88. The van der Waals surface area contributed by atoms with E-state index in [2.05, 4.69) is 41.5 Å². The number of rotatable bonds is 10. The van der Waals surface area contributed by atoms with Crippen LogP contribution in [0.15, 0.2) is 30.3 Å². The number of aliphatic hydroxyl groups is 1. The maximum absolute atomic E-state index is 9.86. The molecule has 0 aliphatic carbocycles. The first-order valence-corrected chi connectivity index (χ1v) is 9.18. The summed E-state index contributed by atoms with van der Waals surface area (Å²) in [6, 6.07) is 10.5. The molecule has 2 rings (SSSR count). The van der Waals surface area contributed by atoms with Gasteiger partial charge in [0.25, 0.3) is 0 Å². The Hall–Kier alpha value is -0.590. The fourth-order valence-electron chi connectivity index (χ4n) is 2.68. The van der Waals surface area contributed by atoms with E-state index in [0.29, 0.717) is 12.6 Å². The first-order valence-electron chi connectivity index (χ1n) is 8.02. The Morgan fingerprint density at radius 3 is 2.86 bits per heavy atom. The van der Waals surface area contributed by atoms with Crippen molar-refractivity contribution in [2.45, 2.75) is 12.5 Å². The van der Waals surface area contributed by atoms with Gasteiger partial charge in [-0.05, 0) is 24.8 Å². The van der Waals surface area contributed by atoms with Crippen molar-refractivity contribution in [3.8, 4) is 0 Å². The van der Waals surface area contributed by atoms with E-state index in [1.54, 1.807) is 0 Å². The van der Waals surface area contributed by atoms with Gasteiger partial charge in [-0.2, -0.15) is 11.8 Å². The number of nitrogens with zero attached hydrogens (tertiary/aromatic N) is 1. The zero-order chi connectivity index (χ0) is 15.6. The van der Waals surface area contributed by atoms with Gasteiger partial charge < -0.3 is 14.7 Å². The Morgan fingerprint density at radius 2 is 2.14 bits per heavy atom. The molecule has 0 radical (unpaired) electrons. The molecule has 22 heavy (non-hydrogen) atoms. The van der Waals surface area contributed by atoms with Gasteiger partial charge in [0.2, 0.25) is 0 Å². The first-order chi connectivity index (χ1) is 10.8. The van der Waals surface area contributed by atoms with Crippen LogP contribution in [0.1, 0.15) is 5.56 Å². The third kappa shape index (κ3) is 6.67. The molecule has 1 saturated heterocycles. The number of thioether (sulfide) groups is 1. The molecular formula is C17H28N2O2S. The predicted molar refractivity (Wildman–Crippen MR) is 93.3 cm³/mol. The van der Waals surface area contributed by atoms with Gasteiger partial charge in [-0.25, -0.2) is 0 Å². The number of benzene rings is 1. The van der Waals surface area contributed by atoms with Crippen LogP contribution in [0.5, 0.6) is 0 Å². The summed E-state index contributed by atoms with van der Waals surface area (Å²) in [7, 11) is 2.07. The van der Waals surface area contributed by atoms with E-state index in [-0.39, 0.29) is 6.10 Å². The average molecular weight is 324 g/mol. The van der Waals surface area contributed by atoms with Gasteiger partial charge >= 0.3 is 0 Å². The predicted octanol–water partition coefficient (Wildman–Crippen LogP) is 1.45. The molecule has 0 aromatic heterocycles. The van der Waals surface area contributed by atoms with E-state index in [1.165, 1.54) is 5.56 Å². The van der Waals surface area contributed by atoms with Crippen molar-refractivity contribution in [2.24, 2.45) is 5.92 Å². The van der Waals surface area contributed by atoms with Crippen LogP contribution in [-0.2, 0) is 11.2 Å². The molecule has 0 amide bonds. The number of ether oxygens (including phenoxy) is 1. The highest BCUT2D eigenvalue weighted by Gasteiger charge is 2.28. The van der Waals surface area contributed by atoms with Crippen molar-refractivity contribution < 1.29 is 9.84 Å². The van der Waals surface area contributed by atoms with Gasteiger partial charge in [0.05, 0.1) is 19.4 Å². The van der Waals surface area contributed by atoms with Crippen LogP contribution in [0.3, 0.4) is 0 Å². The van der Waals surface area contributed by atoms with E-state index >= 15 is 0 Å². The van der Waals surface area contributed by atoms with Gasteiger partial charge in [-0.1, -0.05) is 30.3 Å². The highest BCUT2D eigenvalue weighted by molar-refractivity contribution is 7.99. The fraction of sp³-hybridized carbons (Fsp3) is 0.647. The quantitative estimate of drug-likeness (QED) is 0.504. The number of nitrogens with one attached hydrogen (secondary N) is 1. The molecule has 4 nitrogen and oxygen atoms in total. The van der Waals surface area contributed by atoms with Crippen LogP contribution in [0.25, 0.3) is 0 Å².